The average molecular weight is 279 g/mol. The highest BCUT2D eigenvalue weighted by atomic mass is 16.4. The third-order valence-electron chi connectivity index (χ3n) is 4.01. The largest absolute Gasteiger partial charge is 0.481 e. The molecule has 2 rings (SSSR count). The van der Waals surface area contributed by atoms with E-state index in [1.165, 1.54) is 0 Å². The van der Waals surface area contributed by atoms with Gasteiger partial charge < -0.3 is 15.0 Å². The predicted molar refractivity (Wildman–Crippen MR) is 73.0 cm³/mol. The van der Waals surface area contributed by atoms with Crippen LogP contribution in [-0.4, -0.2) is 33.1 Å². The number of carbonyl (C=O) groups excluding carboxylic acids is 1. The fourth-order valence-electron chi connectivity index (χ4n) is 2.81. The van der Waals surface area contributed by atoms with Crippen molar-refractivity contribution in [3.8, 4) is 0 Å². The Labute approximate surface area is 118 Å². The van der Waals surface area contributed by atoms with Crippen LogP contribution in [0, 0.1) is 5.41 Å². The SMILES string of the molecule is O=C(CC1(C(=O)O)CCCCC1)NCCn1ccnc1. The van der Waals surface area contributed by atoms with Crippen molar-refractivity contribution in [2.45, 2.75) is 45.1 Å². The van der Waals surface area contributed by atoms with Gasteiger partial charge in [0.05, 0.1) is 11.7 Å². The summed E-state index contributed by atoms with van der Waals surface area (Å²) in [6, 6.07) is 0. The normalized spacial score (nSPS) is 17.6. The number of nitrogens with zero attached hydrogens (tertiary/aromatic N) is 2. The molecule has 1 saturated carbocycles. The predicted octanol–water partition coefficient (Wildman–Crippen LogP) is 1.42. The molecule has 0 aliphatic heterocycles. The summed E-state index contributed by atoms with van der Waals surface area (Å²) >= 11 is 0. The van der Waals surface area contributed by atoms with E-state index >= 15 is 0 Å². The summed E-state index contributed by atoms with van der Waals surface area (Å²) in [7, 11) is 0. The molecule has 6 heteroatoms. The first-order valence-electron chi connectivity index (χ1n) is 7.08. The zero-order valence-electron chi connectivity index (χ0n) is 11.5. The Bertz CT molecular complexity index is 450. The number of amides is 1. The second-order valence-corrected chi connectivity index (χ2v) is 5.47. The van der Waals surface area contributed by atoms with Crippen molar-refractivity contribution >= 4 is 11.9 Å². The minimum absolute atomic E-state index is 0.0895. The number of hydrogen-bond donors (Lipinski definition) is 2. The third kappa shape index (κ3) is 3.59. The second kappa shape index (κ2) is 6.54. The van der Waals surface area contributed by atoms with Crippen LogP contribution >= 0.6 is 0 Å². The van der Waals surface area contributed by atoms with Gasteiger partial charge in [0, 0.05) is 31.9 Å². The topological polar surface area (TPSA) is 84.2 Å². The molecule has 0 unspecified atom stereocenters. The molecule has 110 valence electrons. The fourth-order valence-corrected chi connectivity index (χ4v) is 2.81. The number of hydrogen-bond acceptors (Lipinski definition) is 3. The molecule has 1 aromatic heterocycles. The number of carboxylic acids is 1. The molecule has 1 aromatic rings. The lowest BCUT2D eigenvalue weighted by molar-refractivity contribution is -0.154. The maximum Gasteiger partial charge on any atom is 0.310 e. The van der Waals surface area contributed by atoms with Crippen molar-refractivity contribution in [2.75, 3.05) is 6.54 Å². The van der Waals surface area contributed by atoms with E-state index in [9.17, 15) is 14.7 Å². The third-order valence-corrected chi connectivity index (χ3v) is 4.01. The maximum absolute atomic E-state index is 12.0. The number of aromatic nitrogens is 2. The van der Waals surface area contributed by atoms with Crippen molar-refractivity contribution in [3.05, 3.63) is 18.7 Å². The van der Waals surface area contributed by atoms with E-state index in [-0.39, 0.29) is 12.3 Å². The van der Waals surface area contributed by atoms with Crippen LogP contribution in [0.15, 0.2) is 18.7 Å². The highest BCUT2D eigenvalue weighted by Crippen LogP contribution is 2.39. The van der Waals surface area contributed by atoms with E-state index in [2.05, 4.69) is 10.3 Å². The number of imidazole rings is 1. The van der Waals surface area contributed by atoms with E-state index in [0.29, 0.717) is 25.9 Å². The fraction of sp³-hybridized carbons (Fsp3) is 0.643. The van der Waals surface area contributed by atoms with E-state index in [1.807, 2.05) is 10.8 Å². The molecule has 1 heterocycles. The van der Waals surface area contributed by atoms with Crippen molar-refractivity contribution in [1.82, 2.24) is 14.9 Å². The molecular weight excluding hydrogens is 258 g/mol. The minimum atomic E-state index is -0.850. The smallest absolute Gasteiger partial charge is 0.310 e. The van der Waals surface area contributed by atoms with Gasteiger partial charge in [0.15, 0.2) is 0 Å². The number of carboxylic acid groups (broad SMARTS) is 1. The Morgan fingerprint density at radius 3 is 2.65 bits per heavy atom. The van der Waals surface area contributed by atoms with Crippen molar-refractivity contribution in [3.63, 3.8) is 0 Å². The Morgan fingerprint density at radius 2 is 2.05 bits per heavy atom. The molecule has 0 atom stereocenters. The molecule has 1 aliphatic carbocycles. The quantitative estimate of drug-likeness (QED) is 0.825. The van der Waals surface area contributed by atoms with Crippen LogP contribution < -0.4 is 5.32 Å². The van der Waals surface area contributed by atoms with Crippen LogP contribution in [0.5, 0.6) is 0 Å². The van der Waals surface area contributed by atoms with Crippen LogP contribution in [0.4, 0.5) is 0 Å². The lowest BCUT2D eigenvalue weighted by Gasteiger charge is -2.32. The lowest BCUT2D eigenvalue weighted by Crippen LogP contribution is -2.39. The van der Waals surface area contributed by atoms with Gasteiger partial charge in [-0.1, -0.05) is 19.3 Å². The summed E-state index contributed by atoms with van der Waals surface area (Å²) in [5, 5.41) is 12.2. The number of carbonyl (C=O) groups is 2. The molecule has 0 radical (unpaired) electrons. The number of aliphatic carboxylic acids is 1. The molecule has 0 spiro atoms. The summed E-state index contributed by atoms with van der Waals surface area (Å²) in [5.74, 6) is -1.00. The molecule has 1 amide bonds. The lowest BCUT2D eigenvalue weighted by atomic mass is 9.71. The Morgan fingerprint density at radius 1 is 1.30 bits per heavy atom. The highest BCUT2D eigenvalue weighted by Gasteiger charge is 2.41. The van der Waals surface area contributed by atoms with Crippen LogP contribution in [-0.2, 0) is 16.1 Å². The highest BCUT2D eigenvalue weighted by molar-refractivity contribution is 5.85. The molecule has 6 nitrogen and oxygen atoms in total. The standard InChI is InChI=1S/C14H21N3O3/c18-12(16-7-9-17-8-6-15-11-17)10-14(13(19)20)4-2-1-3-5-14/h6,8,11H,1-5,7,9-10H2,(H,16,18)(H,19,20). The van der Waals surface area contributed by atoms with Gasteiger partial charge in [0.2, 0.25) is 5.91 Å². The van der Waals surface area contributed by atoms with E-state index in [0.717, 1.165) is 19.3 Å². The van der Waals surface area contributed by atoms with Gasteiger partial charge in [0.1, 0.15) is 0 Å². The first-order valence-corrected chi connectivity index (χ1v) is 7.08. The van der Waals surface area contributed by atoms with Gasteiger partial charge in [-0.3, -0.25) is 9.59 Å². The van der Waals surface area contributed by atoms with Crippen molar-refractivity contribution in [2.24, 2.45) is 5.41 Å². The van der Waals surface area contributed by atoms with Crippen LogP contribution in [0.3, 0.4) is 0 Å². The summed E-state index contributed by atoms with van der Waals surface area (Å²) in [6.07, 6.45) is 9.36. The van der Waals surface area contributed by atoms with E-state index < -0.39 is 11.4 Å². The summed E-state index contributed by atoms with van der Waals surface area (Å²) in [4.78, 5) is 27.4. The molecular formula is C14H21N3O3. The Balaban J connectivity index is 1.81. The first kappa shape index (κ1) is 14.6. The molecule has 0 aromatic carbocycles. The van der Waals surface area contributed by atoms with Crippen molar-refractivity contribution in [1.29, 1.82) is 0 Å². The molecule has 0 bridgehead atoms. The summed E-state index contributed by atoms with van der Waals surface area (Å²) < 4.78 is 1.87. The van der Waals surface area contributed by atoms with Crippen LogP contribution in [0.2, 0.25) is 0 Å². The molecule has 20 heavy (non-hydrogen) atoms. The second-order valence-electron chi connectivity index (χ2n) is 5.47. The minimum Gasteiger partial charge on any atom is -0.481 e. The van der Waals surface area contributed by atoms with Gasteiger partial charge >= 0.3 is 5.97 Å². The van der Waals surface area contributed by atoms with E-state index in [1.54, 1.807) is 12.5 Å². The van der Waals surface area contributed by atoms with Crippen LogP contribution in [0.1, 0.15) is 38.5 Å². The van der Waals surface area contributed by atoms with Gasteiger partial charge in [-0.25, -0.2) is 4.98 Å². The zero-order chi connectivity index (χ0) is 14.4. The van der Waals surface area contributed by atoms with Crippen LogP contribution in [0.25, 0.3) is 0 Å². The molecule has 1 fully saturated rings. The summed E-state index contributed by atoms with van der Waals surface area (Å²) in [5.41, 5.74) is -0.850. The van der Waals surface area contributed by atoms with Gasteiger partial charge in [-0.15, -0.1) is 0 Å². The van der Waals surface area contributed by atoms with Gasteiger partial charge in [-0.2, -0.15) is 0 Å². The van der Waals surface area contributed by atoms with Gasteiger partial charge in [0.25, 0.3) is 0 Å². The van der Waals surface area contributed by atoms with Crippen molar-refractivity contribution < 1.29 is 14.7 Å². The maximum atomic E-state index is 12.0. The Hall–Kier alpha value is -1.85. The first-order chi connectivity index (χ1) is 9.62. The number of nitrogens with one attached hydrogen (secondary N) is 1. The molecule has 1 aliphatic rings. The van der Waals surface area contributed by atoms with Gasteiger partial charge in [-0.05, 0) is 12.8 Å². The monoisotopic (exact) mass is 279 g/mol. The Kier molecular flexibility index (Phi) is 4.76. The summed E-state index contributed by atoms with van der Waals surface area (Å²) in [6.45, 7) is 1.14. The van der Waals surface area contributed by atoms with E-state index in [4.69, 9.17) is 0 Å². The average Bonchev–Trinajstić information content (AvgIpc) is 2.93. The molecule has 2 N–H and O–H groups in total. The zero-order valence-corrected chi connectivity index (χ0v) is 11.5. The molecule has 0 saturated heterocycles. The number of rotatable bonds is 6.